The van der Waals surface area contributed by atoms with Crippen LogP contribution in [0.25, 0.3) is 0 Å². The molecule has 0 aromatic heterocycles. The van der Waals surface area contributed by atoms with Gasteiger partial charge in [0.15, 0.2) is 0 Å². The average molecular weight is 224 g/mol. The van der Waals surface area contributed by atoms with Crippen molar-refractivity contribution in [2.75, 3.05) is 14.1 Å². The van der Waals surface area contributed by atoms with Crippen LogP contribution in [0.15, 0.2) is 12.7 Å². The first-order valence-corrected chi connectivity index (χ1v) is 6.67. The molecule has 0 bridgehead atoms. The predicted octanol–water partition coefficient (Wildman–Crippen LogP) is 2.80. The molecule has 16 heavy (non-hydrogen) atoms. The van der Waals surface area contributed by atoms with Gasteiger partial charge in [0.05, 0.1) is 0 Å². The van der Waals surface area contributed by atoms with E-state index >= 15 is 0 Å². The predicted molar refractivity (Wildman–Crippen MR) is 71.8 cm³/mol. The molecular weight excluding hydrogens is 196 g/mol. The summed E-state index contributed by atoms with van der Waals surface area (Å²) in [6, 6.07) is 2.13. The molecule has 0 heterocycles. The maximum atomic E-state index is 3.78. The maximum Gasteiger partial charge on any atom is 0.0104 e. The normalized spacial score (nSPS) is 28.0. The highest BCUT2D eigenvalue weighted by Gasteiger charge is 2.23. The summed E-state index contributed by atoms with van der Waals surface area (Å²) in [5, 5.41) is 3.76. The molecule has 2 nitrogen and oxygen atoms in total. The number of allylic oxidation sites excluding steroid dienone is 1. The van der Waals surface area contributed by atoms with Gasteiger partial charge in [-0.15, -0.1) is 6.58 Å². The minimum atomic E-state index is 0.629. The summed E-state index contributed by atoms with van der Waals surface area (Å²) in [5.74, 6) is 0. The van der Waals surface area contributed by atoms with E-state index in [4.69, 9.17) is 0 Å². The van der Waals surface area contributed by atoms with Crippen LogP contribution >= 0.6 is 0 Å². The molecule has 1 rings (SSSR count). The lowest BCUT2D eigenvalue weighted by atomic mass is 9.89. The van der Waals surface area contributed by atoms with Crippen LogP contribution in [-0.2, 0) is 0 Å². The molecule has 0 aromatic rings. The SMILES string of the molecule is C=CCCC(C)NC1CCCC(N(C)C)C1. The first-order chi connectivity index (χ1) is 7.63. The summed E-state index contributed by atoms with van der Waals surface area (Å²) in [7, 11) is 4.41. The van der Waals surface area contributed by atoms with Crippen molar-refractivity contribution in [3.05, 3.63) is 12.7 Å². The molecular formula is C14H28N2. The van der Waals surface area contributed by atoms with Crippen LogP contribution in [0.1, 0.15) is 45.4 Å². The highest BCUT2D eigenvalue weighted by atomic mass is 15.1. The summed E-state index contributed by atoms with van der Waals surface area (Å²) in [6.07, 6.45) is 9.75. The largest absolute Gasteiger partial charge is 0.311 e. The summed E-state index contributed by atoms with van der Waals surface area (Å²) in [5.41, 5.74) is 0. The number of nitrogens with one attached hydrogen (secondary N) is 1. The Kier molecular flexibility index (Phi) is 6.07. The second-order valence-electron chi connectivity index (χ2n) is 5.41. The molecule has 0 spiro atoms. The maximum absolute atomic E-state index is 3.78. The van der Waals surface area contributed by atoms with Gasteiger partial charge in [-0.2, -0.15) is 0 Å². The van der Waals surface area contributed by atoms with E-state index in [0.717, 1.165) is 18.5 Å². The van der Waals surface area contributed by atoms with Crippen LogP contribution in [0, 0.1) is 0 Å². The van der Waals surface area contributed by atoms with Gasteiger partial charge in [-0.25, -0.2) is 0 Å². The molecule has 1 fully saturated rings. The topological polar surface area (TPSA) is 15.3 Å². The smallest absolute Gasteiger partial charge is 0.0104 e. The number of hydrogen-bond acceptors (Lipinski definition) is 2. The molecule has 0 saturated heterocycles. The van der Waals surface area contributed by atoms with Gasteiger partial charge in [0, 0.05) is 18.1 Å². The van der Waals surface area contributed by atoms with Gasteiger partial charge in [0.25, 0.3) is 0 Å². The lowest BCUT2D eigenvalue weighted by Crippen LogP contribution is -2.44. The van der Waals surface area contributed by atoms with E-state index in [1.165, 1.54) is 32.1 Å². The van der Waals surface area contributed by atoms with Crippen LogP contribution < -0.4 is 5.32 Å². The zero-order valence-corrected chi connectivity index (χ0v) is 11.2. The van der Waals surface area contributed by atoms with Crippen molar-refractivity contribution in [1.82, 2.24) is 10.2 Å². The monoisotopic (exact) mass is 224 g/mol. The van der Waals surface area contributed by atoms with Crippen molar-refractivity contribution in [2.24, 2.45) is 0 Å². The van der Waals surface area contributed by atoms with E-state index in [9.17, 15) is 0 Å². The molecule has 0 aliphatic heterocycles. The highest BCUT2D eigenvalue weighted by Crippen LogP contribution is 2.22. The summed E-state index contributed by atoms with van der Waals surface area (Å²) >= 11 is 0. The third-order valence-corrected chi connectivity index (χ3v) is 3.70. The second-order valence-corrected chi connectivity index (χ2v) is 5.41. The molecule has 1 N–H and O–H groups in total. The molecule has 94 valence electrons. The van der Waals surface area contributed by atoms with E-state index < -0.39 is 0 Å². The lowest BCUT2D eigenvalue weighted by Gasteiger charge is -2.35. The van der Waals surface area contributed by atoms with Crippen molar-refractivity contribution in [3.8, 4) is 0 Å². The Morgan fingerprint density at radius 2 is 2.19 bits per heavy atom. The minimum Gasteiger partial charge on any atom is -0.311 e. The van der Waals surface area contributed by atoms with E-state index in [1.54, 1.807) is 0 Å². The minimum absolute atomic E-state index is 0.629. The van der Waals surface area contributed by atoms with Crippen LogP contribution in [0.2, 0.25) is 0 Å². The Hall–Kier alpha value is -0.340. The number of rotatable bonds is 6. The van der Waals surface area contributed by atoms with Gasteiger partial charge in [0.1, 0.15) is 0 Å². The first-order valence-electron chi connectivity index (χ1n) is 6.67. The van der Waals surface area contributed by atoms with E-state index in [2.05, 4.69) is 37.8 Å². The van der Waals surface area contributed by atoms with Gasteiger partial charge in [-0.05, 0) is 53.1 Å². The Morgan fingerprint density at radius 1 is 1.44 bits per heavy atom. The van der Waals surface area contributed by atoms with Gasteiger partial charge < -0.3 is 10.2 Å². The van der Waals surface area contributed by atoms with Crippen LogP contribution in [-0.4, -0.2) is 37.1 Å². The van der Waals surface area contributed by atoms with Crippen LogP contribution in [0.3, 0.4) is 0 Å². The molecule has 3 unspecified atom stereocenters. The van der Waals surface area contributed by atoms with E-state index in [0.29, 0.717) is 6.04 Å². The lowest BCUT2D eigenvalue weighted by molar-refractivity contribution is 0.192. The molecule has 1 aliphatic rings. The fraction of sp³-hybridized carbons (Fsp3) is 0.857. The molecule has 3 atom stereocenters. The van der Waals surface area contributed by atoms with Crippen molar-refractivity contribution in [1.29, 1.82) is 0 Å². The van der Waals surface area contributed by atoms with E-state index in [-0.39, 0.29) is 0 Å². The average Bonchev–Trinajstić information content (AvgIpc) is 2.26. The summed E-state index contributed by atoms with van der Waals surface area (Å²) < 4.78 is 0. The molecule has 0 radical (unpaired) electrons. The molecule has 0 amide bonds. The van der Waals surface area contributed by atoms with Crippen molar-refractivity contribution >= 4 is 0 Å². The van der Waals surface area contributed by atoms with Crippen LogP contribution in [0.4, 0.5) is 0 Å². The Morgan fingerprint density at radius 3 is 2.81 bits per heavy atom. The first kappa shape index (κ1) is 13.7. The highest BCUT2D eigenvalue weighted by molar-refractivity contribution is 4.84. The number of hydrogen-bond donors (Lipinski definition) is 1. The Balaban J connectivity index is 2.28. The fourth-order valence-electron chi connectivity index (χ4n) is 2.64. The van der Waals surface area contributed by atoms with Crippen molar-refractivity contribution < 1.29 is 0 Å². The molecule has 2 heteroatoms. The third-order valence-electron chi connectivity index (χ3n) is 3.70. The summed E-state index contributed by atoms with van der Waals surface area (Å²) in [4.78, 5) is 2.38. The van der Waals surface area contributed by atoms with Crippen molar-refractivity contribution in [3.63, 3.8) is 0 Å². The van der Waals surface area contributed by atoms with Crippen LogP contribution in [0.5, 0.6) is 0 Å². The third kappa shape index (κ3) is 4.67. The van der Waals surface area contributed by atoms with Crippen molar-refractivity contribution in [2.45, 2.75) is 63.6 Å². The van der Waals surface area contributed by atoms with Gasteiger partial charge in [-0.1, -0.05) is 12.5 Å². The Labute approximate surface area is 101 Å². The molecule has 1 aliphatic carbocycles. The zero-order chi connectivity index (χ0) is 12.0. The zero-order valence-electron chi connectivity index (χ0n) is 11.2. The number of nitrogens with zero attached hydrogens (tertiary/aromatic N) is 1. The standard InChI is InChI=1S/C14H28N2/c1-5-6-8-12(2)15-13-9-7-10-14(11-13)16(3)4/h5,12-15H,1,6-11H2,2-4H3. The second kappa shape index (κ2) is 7.08. The molecule has 0 aromatic carbocycles. The van der Waals surface area contributed by atoms with Gasteiger partial charge in [-0.3, -0.25) is 0 Å². The van der Waals surface area contributed by atoms with Gasteiger partial charge in [0.2, 0.25) is 0 Å². The fourth-order valence-corrected chi connectivity index (χ4v) is 2.64. The van der Waals surface area contributed by atoms with Gasteiger partial charge >= 0.3 is 0 Å². The Bertz CT molecular complexity index is 201. The summed E-state index contributed by atoms with van der Waals surface area (Å²) in [6.45, 7) is 6.07. The van der Waals surface area contributed by atoms with E-state index in [1.807, 2.05) is 6.08 Å². The quantitative estimate of drug-likeness (QED) is 0.698. The molecule has 1 saturated carbocycles.